The van der Waals surface area contributed by atoms with Crippen LogP contribution >= 0.6 is 0 Å². The molecule has 8 nitrogen and oxygen atoms in total. The molecule has 0 radical (unpaired) electrons. The van der Waals surface area contributed by atoms with E-state index in [4.69, 9.17) is 18.9 Å². The monoisotopic (exact) mass is 564 g/mol. The molecule has 2 aromatic carbocycles. The van der Waals surface area contributed by atoms with Crippen LogP contribution < -0.4 is 0 Å². The molecule has 10 rings (SSSR count). The molecule has 0 unspecified atom stereocenters. The van der Waals surface area contributed by atoms with Crippen molar-refractivity contribution in [3.63, 3.8) is 0 Å². The molecule has 2 aromatic rings. The summed E-state index contributed by atoms with van der Waals surface area (Å²) in [6.45, 7) is 0. The summed E-state index contributed by atoms with van der Waals surface area (Å²) in [4.78, 5) is 54.4. The number of esters is 2. The molecule has 3 saturated heterocycles. The summed E-state index contributed by atoms with van der Waals surface area (Å²) >= 11 is 0. The third-order valence-corrected chi connectivity index (χ3v) is 10.8. The van der Waals surface area contributed by atoms with Crippen LogP contribution in [0.1, 0.15) is 49.0 Å². The molecule has 4 aliphatic carbocycles. The fourth-order valence-electron chi connectivity index (χ4n) is 9.35. The molecule has 4 fully saturated rings. The number of ether oxygens (including phenoxy) is 4. The number of Topliss-reactive ketones (excluding diaryl/α,β-unsaturated/α-hetero) is 2. The number of ketones is 2. The fourth-order valence-corrected chi connectivity index (χ4v) is 9.35. The molecule has 0 N–H and O–H groups in total. The maximum absolute atomic E-state index is 14.8. The minimum absolute atomic E-state index is 0.0530. The molecular weight excluding hydrogens is 536 g/mol. The van der Waals surface area contributed by atoms with Crippen molar-refractivity contribution in [3.05, 3.63) is 95.0 Å². The van der Waals surface area contributed by atoms with Crippen molar-refractivity contribution >= 4 is 23.5 Å². The summed E-state index contributed by atoms with van der Waals surface area (Å²) < 4.78 is 25.4. The highest BCUT2D eigenvalue weighted by molar-refractivity contribution is 6.00. The van der Waals surface area contributed by atoms with Gasteiger partial charge in [-0.3, -0.25) is 19.2 Å². The van der Waals surface area contributed by atoms with E-state index >= 15 is 0 Å². The summed E-state index contributed by atoms with van der Waals surface area (Å²) in [7, 11) is 0. The van der Waals surface area contributed by atoms with Gasteiger partial charge in [-0.05, 0) is 17.2 Å². The lowest BCUT2D eigenvalue weighted by molar-refractivity contribution is -0.198. The van der Waals surface area contributed by atoms with Crippen LogP contribution in [-0.2, 0) is 38.1 Å². The molecule has 8 aliphatic rings. The van der Waals surface area contributed by atoms with E-state index in [-0.39, 0.29) is 61.0 Å². The molecule has 2 bridgehead atoms. The summed E-state index contributed by atoms with van der Waals surface area (Å²) in [6, 6.07) is 19.3. The van der Waals surface area contributed by atoms with Gasteiger partial charge in [0.1, 0.15) is 41.3 Å². The maximum Gasteiger partial charge on any atom is 0.306 e. The zero-order valence-electron chi connectivity index (χ0n) is 22.6. The van der Waals surface area contributed by atoms with Crippen molar-refractivity contribution in [3.8, 4) is 0 Å². The van der Waals surface area contributed by atoms with Crippen LogP contribution in [0.25, 0.3) is 0 Å². The molecule has 8 heteroatoms. The normalized spacial score (nSPS) is 40.9. The van der Waals surface area contributed by atoms with E-state index in [9.17, 15) is 19.2 Å². The lowest BCUT2D eigenvalue weighted by atomic mass is 9.41. The quantitative estimate of drug-likeness (QED) is 0.497. The Morgan fingerprint density at radius 3 is 2.02 bits per heavy atom. The first-order valence-electron chi connectivity index (χ1n) is 14.8. The molecule has 4 heterocycles. The average Bonchev–Trinajstić information content (AvgIpc) is 3.60. The molecule has 0 amide bonds. The van der Waals surface area contributed by atoms with E-state index in [1.54, 1.807) is 0 Å². The average molecular weight is 565 g/mol. The van der Waals surface area contributed by atoms with Gasteiger partial charge in [-0.2, -0.15) is 0 Å². The van der Waals surface area contributed by atoms with E-state index in [0.29, 0.717) is 17.1 Å². The zero-order valence-corrected chi connectivity index (χ0v) is 22.6. The van der Waals surface area contributed by atoms with Crippen LogP contribution in [0.5, 0.6) is 0 Å². The third-order valence-electron chi connectivity index (χ3n) is 10.8. The Bertz CT molecular complexity index is 1630. The smallest absolute Gasteiger partial charge is 0.306 e. The highest BCUT2D eigenvalue weighted by Crippen LogP contribution is 2.71. The van der Waals surface area contributed by atoms with Gasteiger partial charge < -0.3 is 18.9 Å². The number of rotatable bonds is 2. The van der Waals surface area contributed by atoms with E-state index in [0.717, 1.165) is 11.1 Å². The Balaban J connectivity index is 1.25. The lowest BCUT2D eigenvalue weighted by Crippen LogP contribution is -2.68. The topological polar surface area (TPSA) is 105 Å². The number of allylic oxidation sites excluding steroid dienone is 2. The number of hydrogen-bond acceptors (Lipinski definition) is 8. The molecule has 1 spiro atoms. The van der Waals surface area contributed by atoms with Gasteiger partial charge in [-0.1, -0.05) is 60.7 Å². The van der Waals surface area contributed by atoms with Crippen molar-refractivity contribution in [1.29, 1.82) is 0 Å². The second kappa shape index (κ2) is 8.43. The van der Waals surface area contributed by atoms with Gasteiger partial charge in [-0.25, -0.2) is 0 Å². The SMILES string of the molecule is O=C1C[C@@H]2C3=C(O[C@H](c4ccccc4)CC3=O)[C@H]3[C@H]([C@@H]4C=C5O[C@H](c6ccccc6)CC(=O)[C@@]53[C@H]3CC(=O)O[C@@H]43)[C@@H]2O1. The van der Waals surface area contributed by atoms with Crippen LogP contribution in [-0.4, -0.2) is 35.7 Å². The van der Waals surface area contributed by atoms with Gasteiger partial charge in [0.25, 0.3) is 0 Å². The molecule has 10 atom stereocenters. The predicted octanol–water partition coefficient (Wildman–Crippen LogP) is 4.33. The summed E-state index contributed by atoms with van der Waals surface area (Å²) in [6.07, 6.45) is 0.251. The molecular formula is C34H28O8. The minimum atomic E-state index is -1.26. The first-order valence-corrected chi connectivity index (χ1v) is 14.8. The van der Waals surface area contributed by atoms with Crippen LogP contribution in [0.4, 0.5) is 0 Å². The fraction of sp³-hybridized carbons (Fsp3) is 0.412. The Hall–Kier alpha value is -4.20. The Kier molecular flexibility index (Phi) is 4.90. The first-order chi connectivity index (χ1) is 20.4. The number of carbonyl (C=O) groups excluding carboxylic acids is 4. The van der Waals surface area contributed by atoms with Gasteiger partial charge in [0.15, 0.2) is 11.6 Å². The maximum atomic E-state index is 14.8. The van der Waals surface area contributed by atoms with Gasteiger partial charge in [0.05, 0.1) is 19.3 Å². The Morgan fingerprint density at radius 2 is 1.31 bits per heavy atom. The molecule has 212 valence electrons. The number of fused-ring (bicyclic) bond motifs is 2. The van der Waals surface area contributed by atoms with Crippen molar-refractivity contribution in [2.45, 2.75) is 50.1 Å². The van der Waals surface area contributed by atoms with Crippen molar-refractivity contribution < 1.29 is 38.1 Å². The minimum Gasteiger partial charge on any atom is -0.489 e. The summed E-state index contributed by atoms with van der Waals surface area (Å²) in [5.74, 6) is -2.11. The number of carbonyl (C=O) groups is 4. The number of benzene rings is 2. The van der Waals surface area contributed by atoms with Crippen LogP contribution in [0.15, 0.2) is 83.8 Å². The van der Waals surface area contributed by atoms with Gasteiger partial charge in [0.2, 0.25) is 0 Å². The largest absolute Gasteiger partial charge is 0.489 e. The Morgan fingerprint density at radius 1 is 0.667 bits per heavy atom. The highest BCUT2D eigenvalue weighted by atomic mass is 16.6. The van der Waals surface area contributed by atoms with Crippen molar-refractivity contribution in [1.82, 2.24) is 0 Å². The molecule has 42 heavy (non-hydrogen) atoms. The molecule has 4 aliphatic heterocycles. The van der Waals surface area contributed by atoms with E-state index < -0.39 is 47.6 Å². The highest BCUT2D eigenvalue weighted by Gasteiger charge is 2.77. The van der Waals surface area contributed by atoms with Crippen molar-refractivity contribution in [2.24, 2.45) is 35.0 Å². The number of hydrogen-bond donors (Lipinski definition) is 0. The second-order valence-electron chi connectivity index (χ2n) is 12.6. The molecule has 1 saturated carbocycles. The second-order valence-corrected chi connectivity index (χ2v) is 12.6. The zero-order chi connectivity index (χ0) is 28.3. The van der Waals surface area contributed by atoms with E-state index in [1.165, 1.54) is 0 Å². The predicted molar refractivity (Wildman–Crippen MR) is 144 cm³/mol. The van der Waals surface area contributed by atoms with Crippen LogP contribution in [0.3, 0.4) is 0 Å². The summed E-state index contributed by atoms with van der Waals surface area (Å²) in [5, 5.41) is 0. The Labute approximate surface area is 241 Å². The van der Waals surface area contributed by atoms with Gasteiger partial charge in [0, 0.05) is 41.6 Å². The van der Waals surface area contributed by atoms with E-state index in [2.05, 4.69) is 0 Å². The lowest BCUT2D eigenvalue weighted by Gasteiger charge is -2.63. The van der Waals surface area contributed by atoms with Crippen molar-refractivity contribution in [2.75, 3.05) is 0 Å². The van der Waals surface area contributed by atoms with Gasteiger partial charge >= 0.3 is 11.9 Å². The first kappa shape index (κ1) is 24.4. The van der Waals surface area contributed by atoms with E-state index in [1.807, 2.05) is 66.7 Å². The summed E-state index contributed by atoms with van der Waals surface area (Å²) in [5.41, 5.74) is 0.981. The van der Waals surface area contributed by atoms with Crippen LogP contribution in [0.2, 0.25) is 0 Å². The third kappa shape index (κ3) is 3.02. The van der Waals surface area contributed by atoms with Gasteiger partial charge in [-0.15, -0.1) is 0 Å². The van der Waals surface area contributed by atoms with Crippen LogP contribution in [0, 0.1) is 35.0 Å². The standard InChI is InChI=1S/C34H28O8/c35-21-14-22(16-7-3-1-4-8-16)40-33-28(21)19-12-26(37)42-32(19)29-18-11-25-34(30(29)33,20-13-27(38)41-31(18)20)24(36)15-23(39-25)17-9-5-2-6-10-17/h1-11,18-20,22-23,29-32H,12-15H2/t18-,19+,20-,22-,23-,29-,30+,31-,32+,34-/m0/s1. The molecule has 0 aromatic heterocycles.